The summed E-state index contributed by atoms with van der Waals surface area (Å²) < 4.78 is 0. The van der Waals surface area contributed by atoms with Gasteiger partial charge in [-0.2, -0.15) is 0 Å². The highest BCUT2D eigenvalue weighted by Gasteiger charge is 2.20. The maximum Gasteiger partial charge on any atom is 0.0361 e. The molecule has 1 heterocycles. The van der Waals surface area contributed by atoms with Crippen LogP contribution in [0.25, 0.3) is 0 Å². The van der Waals surface area contributed by atoms with E-state index in [1.54, 1.807) is 0 Å². The second-order valence-corrected chi connectivity index (χ2v) is 4.70. The van der Waals surface area contributed by atoms with Gasteiger partial charge in [0.25, 0.3) is 0 Å². The molecule has 0 aliphatic carbocycles. The van der Waals surface area contributed by atoms with Gasteiger partial charge in [0.05, 0.1) is 0 Å². The Morgan fingerprint density at radius 3 is 2.07 bits per heavy atom. The average Bonchev–Trinajstić information content (AvgIpc) is 2.19. The minimum atomic E-state index is 0.413. The van der Waals surface area contributed by atoms with E-state index in [2.05, 4.69) is 23.9 Å². The number of alkyl halides is 1. The van der Waals surface area contributed by atoms with Crippen LogP contribution < -0.4 is 0 Å². The van der Waals surface area contributed by atoms with Gasteiger partial charge in [0.15, 0.2) is 0 Å². The first-order valence-electron chi connectivity index (χ1n) is 5.91. The van der Waals surface area contributed by atoms with Gasteiger partial charge in [-0.05, 0) is 25.7 Å². The van der Waals surface area contributed by atoms with E-state index in [0.717, 1.165) is 25.9 Å². The van der Waals surface area contributed by atoms with Crippen LogP contribution >= 0.6 is 11.6 Å². The van der Waals surface area contributed by atoms with Gasteiger partial charge in [-0.15, -0.1) is 11.6 Å². The second-order valence-electron chi connectivity index (χ2n) is 4.08. The molecule has 0 saturated carbocycles. The minimum absolute atomic E-state index is 0.413. The lowest BCUT2D eigenvalue weighted by Gasteiger charge is -2.38. The van der Waals surface area contributed by atoms with Crippen LogP contribution in [0.15, 0.2) is 0 Å². The van der Waals surface area contributed by atoms with Crippen molar-refractivity contribution in [2.45, 2.75) is 44.9 Å². The maximum atomic E-state index is 6.10. The highest BCUT2D eigenvalue weighted by molar-refractivity contribution is 6.20. The van der Waals surface area contributed by atoms with Crippen LogP contribution in [-0.2, 0) is 0 Å². The Hall–Kier alpha value is 0.210. The van der Waals surface area contributed by atoms with Crippen molar-refractivity contribution in [3.05, 3.63) is 0 Å². The molecule has 0 aromatic heterocycles. The Morgan fingerprint density at radius 2 is 1.64 bits per heavy atom. The van der Waals surface area contributed by atoms with Crippen molar-refractivity contribution in [1.29, 1.82) is 0 Å². The molecule has 3 heteroatoms. The van der Waals surface area contributed by atoms with Crippen LogP contribution in [-0.4, -0.2) is 41.6 Å². The van der Waals surface area contributed by atoms with Gasteiger partial charge in [-0.25, -0.2) is 10.0 Å². The summed E-state index contributed by atoms with van der Waals surface area (Å²) in [6, 6.07) is 0. The molecule has 0 radical (unpaired) electrons. The van der Waals surface area contributed by atoms with Crippen LogP contribution in [0.1, 0.15) is 39.5 Å². The van der Waals surface area contributed by atoms with Crippen molar-refractivity contribution in [2.75, 3.05) is 26.2 Å². The summed E-state index contributed by atoms with van der Waals surface area (Å²) in [5.74, 6) is 0. The molecule has 1 aliphatic heterocycles. The molecule has 84 valence electrons. The summed E-state index contributed by atoms with van der Waals surface area (Å²) in [6.45, 7) is 9.18. The molecule has 1 aliphatic rings. The van der Waals surface area contributed by atoms with Gasteiger partial charge < -0.3 is 0 Å². The average molecular weight is 219 g/mol. The van der Waals surface area contributed by atoms with Gasteiger partial charge in [0.2, 0.25) is 0 Å². The van der Waals surface area contributed by atoms with E-state index in [4.69, 9.17) is 11.6 Å². The maximum absolute atomic E-state index is 6.10. The Balaban J connectivity index is 2.34. The summed E-state index contributed by atoms with van der Waals surface area (Å²) in [5.41, 5.74) is 0. The topological polar surface area (TPSA) is 6.48 Å². The van der Waals surface area contributed by atoms with Crippen LogP contribution in [0.5, 0.6) is 0 Å². The molecule has 2 nitrogen and oxygen atoms in total. The molecular formula is C11H23ClN2. The van der Waals surface area contributed by atoms with Crippen molar-refractivity contribution in [3.63, 3.8) is 0 Å². The van der Waals surface area contributed by atoms with Crippen LogP contribution in [0.2, 0.25) is 0 Å². The number of hydrogen-bond donors (Lipinski definition) is 0. The highest BCUT2D eigenvalue weighted by Crippen LogP contribution is 2.17. The Morgan fingerprint density at radius 1 is 1.14 bits per heavy atom. The normalized spacial score (nSPS) is 20.6. The molecule has 1 saturated heterocycles. The van der Waals surface area contributed by atoms with Crippen molar-refractivity contribution < 1.29 is 0 Å². The predicted octanol–water partition coefficient (Wildman–Crippen LogP) is 2.73. The number of nitrogens with zero attached hydrogens (tertiary/aromatic N) is 2. The van der Waals surface area contributed by atoms with E-state index in [1.165, 1.54) is 25.9 Å². The van der Waals surface area contributed by atoms with Crippen molar-refractivity contribution >= 4 is 11.6 Å². The summed E-state index contributed by atoms with van der Waals surface area (Å²) in [4.78, 5) is 0. The lowest BCUT2D eigenvalue weighted by molar-refractivity contribution is -0.0384. The second kappa shape index (κ2) is 6.65. The smallest absolute Gasteiger partial charge is 0.0361 e. The summed E-state index contributed by atoms with van der Waals surface area (Å²) in [7, 11) is 0. The molecule has 0 bridgehead atoms. The van der Waals surface area contributed by atoms with Crippen LogP contribution in [0.3, 0.4) is 0 Å². The predicted molar refractivity (Wildman–Crippen MR) is 62.6 cm³/mol. The van der Waals surface area contributed by atoms with E-state index >= 15 is 0 Å². The fourth-order valence-electron chi connectivity index (χ4n) is 2.03. The van der Waals surface area contributed by atoms with E-state index < -0.39 is 0 Å². The molecule has 0 unspecified atom stereocenters. The molecule has 0 atom stereocenters. The molecular weight excluding hydrogens is 196 g/mol. The van der Waals surface area contributed by atoms with Crippen molar-refractivity contribution in [2.24, 2.45) is 0 Å². The SMILES string of the molecule is CCCN(CCC)N1CCC(Cl)CC1. The first kappa shape index (κ1) is 12.3. The third-order valence-electron chi connectivity index (χ3n) is 2.76. The molecule has 1 rings (SSSR count). The van der Waals surface area contributed by atoms with Gasteiger partial charge in [0.1, 0.15) is 0 Å². The first-order valence-corrected chi connectivity index (χ1v) is 6.35. The monoisotopic (exact) mass is 218 g/mol. The van der Waals surface area contributed by atoms with E-state index in [1.807, 2.05) is 0 Å². The number of hydrogen-bond acceptors (Lipinski definition) is 2. The Labute approximate surface area is 93.2 Å². The zero-order chi connectivity index (χ0) is 10.4. The van der Waals surface area contributed by atoms with E-state index in [0.29, 0.717) is 5.38 Å². The third kappa shape index (κ3) is 3.76. The van der Waals surface area contributed by atoms with Gasteiger partial charge in [-0.3, -0.25) is 0 Å². The number of hydrazine groups is 1. The van der Waals surface area contributed by atoms with Crippen LogP contribution in [0.4, 0.5) is 0 Å². The zero-order valence-corrected chi connectivity index (χ0v) is 10.3. The highest BCUT2D eigenvalue weighted by atomic mass is 35.5. The first-order chi connectivity index (χ1) is 6.77. The number of piperidine rings is 1. The molecule has 0 amide bonds. The lowest BCUT2D eigenvalue weighted by atomic mass is 10.1. The molecule has 0 aromatic carbocycles. The van der Waals surface area contributed by atoms with E-state index in [-0.39, 0.29) is 0 Å². The summed E-state index contributed by atoms with van der Waals surface area (Å²) in [6.07, 6.45) is 4.76. The molecule has 0 spiro atoms. The molecule has 0 N–H and O–H groups in total. The molecule has 1 fully saturated rings. The van der Waals surface area contributed by atoms with E-state index in [9.17, 15) is 0 Å². The van der Waals surface area contributed by atoms with Gasteiger partial charge in [-0.1, -0.05) is 13.8 Å². The minimum Gasteiger partial charge on any atom is -0.242 e. The third-order valence-corrected chi connectivity index (χ3v) is 3.20. The van der Waals surface area contributed by atoms with Crippen molar-refractivity contribution in [1.82, 2.24) is 10.0 Å². The molecule has 14 heavy (non-hydrogen) atoms. The number of halogens is 1. The summed E-state index contributed by atoms with van der Waals surface area (Å²) in [5, 5.41) is 5.41. The lowest BCUT2D eigenvalue weighted by Crippen LogP contribution is -2.47. The van der Waals surface area contributed by atoms with Crippen LogP contribution in [0, 0.1) is 0 Å². The summed E-state index contributed by atoms with van der Waals surface area (Å²) >= 11 is 6.10. The van der Waals surface area contributed by atoms with Gasteiger partial charge in [0, 0.05) is 31.6 Å². The largest absolute Gasteiger partial charge is 0.242 e. The standard InChI is InChI=1S/C11H23ClN2/c1-3-7-13(8-4-2)14-9-5-11(12)6-10-14/h11H,3-10H2,1-2H3. The zero-order valence-electron chi connectivity index (χ0n) is 9.51. The Bertz CT molecular complexity index is 138. The molecule has 0 aromatic rings. The Kier molecular flexibility index (Phi) is 5.83. The number of rotatable bonds is 5. The van der Waals surface area contributed by atoms with Gasteiger partial charge >= 0.3 is 0 Å². The fourth-order valence-corrected chi connectivity index (χ4v) is 2.22. The quantitative estimate of drug-likeness (QED) is 0.655. The fraction of sp³-hybridized carbons (Fsp3) is 1.00. The van der Waals surface area contributed by atoms with Crippen molar-refractivity contribution in [3.8, 4) is 0 Å².